The van der Waals surface area contributed by atoms with Gasteiger partial charge in [-0.25, -0.2) is 12.8 Å². The number of hydrogen-bond donors (Lipinski definition) is 1. The number of carbonyl (C=O) groups is 2. The molecule has 0 aromatic heterocycles. The van der Waals surface area contributed by atoms with Crippen LogP contribution in [0.1, 0.15) is 26.3 Å². The molecule has 0 radical (unpaired) electrons. The van der Waals surface area contributed by atoms with Crippen molar-refractivity contribution < 1.29 is 31.9 Å². The third kappa shape index (κ3) is 6.84. The maximum Gasteiger partial charge on any atom is 0.244 e. The number of anilines is 1. The van der Waals surface area contributed by atoms with E-state index in [-0.39, 0.29) is 30.9 Å². The lowest BCUT2D eigenvalue weighted by atomic mass is 10.1. The Kier molecular flexibility index (Phi) is 8.21. The number of fused-ring (bicyclic) bond motifs is 1. The number of hydrogen-bond acceptors (Lipinski definition) is 6. The lowest BCUT2D eigenvalue weighted by Gasteiger charge is -2.31. The van der Waals surface area contributed by atoms with E-state index in [1.165, 1.54) is 41.3 Å². The second kappa shape index (κ2) is 10.9. The van der Waals surface area contributed by atoms with Gasteiger partial charge in [0.25, 0.3) is 0 Å². The molecule has 3 rings (SSSR count). The molecule has 1 aliphatic rings. The fourth-order valence-corrected chi connectivity index (χ4v) is 4.32. The molecular formula is C24H30FN3O6S. The van der Waals surface area contributed by atoms with E-state index < -0.39 is 34.3 Å². The van der Waals surface area contributed by atoms with Crippen LogP contribution in [-0.2, 0) is 26.2 Å². The van der Waals surface area contributed by atoms with Gasteiger partial charge in [-0.15, -0.1) is 0 Å². The van der Waals surface area contributed by atoms with Crippen molar-refractivity contribution in [2.45, 2.75) is 33.4 Å². The average molecular weight is 508 g/mol. The van der Waals surface area contributed by atoms with E-state index in [9.17, 15) is 22.4 Å². The number of nitrogens with one attached hydrogen (secondary N) is 1. The van der Waals surface area contributed by atoms with E-state index in [1.807, 2.05) is 13.8 Å². The molecule has 1 atom stereocenters. The highest BCUT2D eigenvalue weighted by Crippen LogP contribution is 2.36. The molecule has 0 aliphatic carbocycles. The molecule has 1 heterocycles. The Morgan fingerprint density at radius 2 is 1.71 bits per heavy atom. The number of carbonyl (C=O) groups excluding carboxylic acids is 2. The van der Waals surface area contributed by atoms with Gasteiger partial charge in [0.05, 0.1) is 11.9 Å². The van der Waals surface area contributed by atoms with Crippen LogP contribution in [0.4, 0.5) is 10.1 Å². The molecule has 2 aromatic carbocycles. The van der Waals surface area contributed by atoms with Gasteiger partial charge < -0.3 is 19.7 Å². The number of sulfonamides is 1. The monoisotopic (exact) mass is 507 g/mol. The Balaban J connectivity index is 1.88. The van der Waals surface area contributed by atoms with Crippen molar-refractivity contribution in [1.82, 2.24) is 10.2 Å². The van der Waals surface area contributed by atoms with Gasteiger partial charge in [-0.05, 0) is 42.7 Å². The highest BCUT2D eigenvalue weighted by atomic mass is 32.2. The average Bonchev–Trinajstić information content (AvgIpc) is 3.27. The zero-order valence-electron chi connectivity index (χ0n) is 20.2. The minimum absolute atomic E-state index is 0.00583. The van der Waals surface area contributed by atoms with Crippen LogP contribution in [0.15, 0.2) is 42.5 Å². The zero-order valence-corrected chi connectivity index (χ0v) is 21.0. The van der Waals surface area contributed by atoms with Gasteiger partial charge in [-0.1, -0.05) is 26.0 Å². The summed E-state index contributed by atoms with van der Waals surface area (Å²) in [5.41, 5.74) is 0.820. The summed E-state index contributed by atoms with van der Waals surface area (Å²) < 4.78 is 50.2. The first kappa shape index (κ1) is 26.3. The predicted molar refractivity (Wildman–Crippen MR) is 129 cm³/mol. The van der Waals surface area contributed by atoms with Gasteiger partial charge >= 0.3 is 0 Å². The fourth-order valence-electron chi connectivity index (χ4n) is 3.48. The van der Waals surface area contributed by atoms with Gasteiger partial charge in [-0.2, -0.15) is 0 Å². The molecule has 190 valence electrons. The molecule has 0 saturated heterocycles. The number of nitrogens with zero attached hydrogens (tertiary/aromatic N) is 2. The summed E-state index contributed by atoms with van der Waals surface area (Å²) in [4.78, 5) is 27.5. The second-order valence-electron chi connectivity index (χ2n) is 8.77. The Morgan fingerprint density at radius 1 is 1.06 bits per heavy atom. The standard InChI is InChI=1S/C24H30FN3O6S/c1-16(2)12-26-24(30)17(3)27(13-18-5-7-19(25)8-6-18)23(29)14-28(35(4,31)32)20-9-10-21-22(11-20)34-15-33-21/h5-11,16-17H,12-15H2,1-4H3,(H,26,30)/t17-/m1/s1. The number of rotatable bonds is 10. The largest absolute Gasteiger partial charge is 0.454 e. The van der Waals surface area contributed by atoms with E-state index in [0.717, 1.165) is 10.6 Å². The van der Waals surface area contributed by atoms with E-state index in [4.69, 9.17) is 9.47 Å². The molecule has 0 bridgehead atoms. The van der Waals surface area contributed by atoms with Crippen molar-refractivity contribution in [3.8, 4) is 11.5 Å². The molecule has 2 amide bonds. The smallest absolute Gasteiger partial charge is 0.244 e. The molecule has 0 fully saturated rings. The molecule has 1 aliphatic heterocycles. The summed E-state index contributed by atoms with van der Waals surface area (Å²) >= 11 is 0. The van der Waals surface area contributed by atoms with Crippen LogP contribution >= 0.6 is 0 Å². The van der Waals surface area contributed by atoms with Crippen LogP contribution in [0.5, 0.6) is 11.5 Å². The van der Waals surface area contributed by atoms with Gasteiger partial charge in [0.15, 0.2) is 11.5 Å². The molecule has 0 saturated carbocycles. The summed E-state index contributed by atoms with van der Waals surface area (Å²) in [7, 11) is -3.87. The third-order valence-electron chi connectivity index (χ3n) is 5.44. The first-order valence-electron chi connectivity index (χ1n) is 11.1. The molecule has 35 heavy (non-hydrogen) atoms. The van der Waals surface area contributed by atoms with Crippen LogP contribution in [-0.4, -0.2) is 57.3 Å². The second-order valence-corrected chi connectivity index (χ2v) is 10.7. The zero-order chi connectivity index (χ0) is 25.8. The van der Waals surface area contributed by atoms with Gasteiger partial charge in [0, 0.05) is 19.2 Å². The van der Waals surface area contributed by atoms with Gasteiger partial charge in [0.1, 0.15) is 18.4 Å². The Hall–Kier alpha value is -3.34. The van der Waals surface area contributed by atoms with E-state index >= 15 is 0 Å². The maximum absolute atomic E-state index is 13.5. The van der Waals surface area contributed by atoms with E-state index in [2.05, 4.69) is 5.32 Å². The highest BCUT2D eigenvalue weighted by molar-refractivity contribution is 7.92. The van der Waals surface area contributed by atoms with Crippen LogP contribution < -0.4 is 19.1 Å². The normalized spacial score (nSPS) is 13.4. The number of halogens is 1. The molecule has 1 N–H and O–H groups in total. The quantitative estimate of drug-likeness (QED) is 0.530. The summed E-state index contributed by atoms with van der Waals surface area (Å²) in [6, 6.07) is 9.22. The molecule has 11 heteroatoms. The summed E-state index contributed by atoms with van der Waals surface area (Å²) in [5, 5.41) is 2.80. The first-order valence-corrected chi connectivity index (χ1v) is 13.0. The minimum Gasteiger partial charge on any atom is -0.454 e. The maximum atomic E-state index is 13.5. The van der Waals surface area contributed by atoms with Gasteiger partial charge in [-0.3, -0.25) is 13.9 Å². The summed E-state index contributed by atoms with van der Waals surface area (Å²) in [5.74, 6) is -0.345. The SMILES string of the molecule is CC(C)CNC(=O)[C@@H](C)N(Cc1ccc(F)cc1)C(=O)CN(c1ccc2c(c1)OCO2)S(C)(=O)=O. The number of ether oxygens (including phenoxy) is 2. The van der Waals surface area contributed by atoms with Crippen molar-refractivity contribution in [3.63, 3.8) is 0 Å². The van der Waals surface area contributed by atoms with Crippen LogP contribution in [0, 0.1) is 11.7 Å². The molecule has 9 nitrogen and oxygen atoms in total. The lowest BCUT2D eigenvalue weighted by Crippen LogP contribution is -2.51. The van der Waals surface area contributed by atoms with Crippen LogP contribution in [0.25, 0.3) is 0 Å². The van der Waals surface area contributed by atoms with Crippen LogP contribution in [0.2, 0.25) is 0 Å². The van der Waals surface area contributed by atoms with Crippen molar-refractivity contribution in [2.75, 3.05) is 30.4 Å². The van der Waals surface area contributed by atoms with Crippen LogP contribution in [0.3, 0.4) is 0 Å². The highest BCUT2D eigenvalue weighted by Gasteiger charge is 2.30. The molecule has 0 unspecified atom stereocenters. The number of amides is 2. The Labute approximate surface area is 204 Å². The predicted octanol–water partition coefficient (Wildman–Crippen LogP) is 2.51. The lowest BCUT2D eigenvalue weighted by molar-refractivity contribution is -0.139. The van der Waals surface area contributed by atoms with E-state index in [1.54, 1.807) is 13.0 Å². The number of benzene rings is 2. The topological polar surface area (TPSA) is 105 Å². The summed E-state index contributed by atoms with van der Waals surface area (Å²) in [6.45, 7) is 5.36. The van der Waals surface area contributed by atoms with Crippen molar-refractivity contribution >= 4 is 27.5 Å². The van der Waals surface area contributed by atoms with E-state index in [0.29, 0.717) is 23.6 Å². The van der Waals surface area contributed by atoms with Crippen molar-refractivity contribution in [1.29, 1.82) is 0 Å². The fraction of sp³-hybridized carbons (Fsp3) is 0.417. The van der Waals surface area contributed by atoms with Gasteiger partial charge in [0.2, 0.25) is 28.6 Å². The molecular weight excluding hydrogens is 477 g/mol. The summed E-state index contributed by atoms with van der Waals surface area (Å²) in [6.07, 6.45) is 0.994. The Morgan fingerprint density at radius 3 is 2.34 bits per heavy atom. The molecule has 2 aromatic rings. The van der Waals surface area contributed by atoms with Crippen molar-refractivity contribution in [3.05, 3.63) is 53.8 Å². The Bertz CT molecular complexity index is 1170. The first-order chi connectivity index (χ1) is 16.5. The third-order valence-corrected chi connectivity index (χ3v) is 6.58. The molecule has 0 spiro atoms. The minimum atomic E-state index is -3.87. The van der Waals surface area contributed by atoms with Crippen molar-refractivity contribution in [2.24, 2.45) is 5.92 Å².